The SMILES string of the molecule is CC(C)(C)OC(=O)C1CC2CC1C1C3CCC(C3)C21.CO[Si](C)(C)C. The van der Waals surface area contributed by atoms with Gasteiger partial charge in [0.1, 0.15) is 5.60 Å². The number of fused-ring (bicyclic) bond motifs is 9. The molecule has 0 aromatic carbocycles. The Morgan fingerprint density at radius 3 is 2.00 bits per heavy atom. The Kier molecular flexibility index (Phi) is 5.18. The lowest BCUT2D eigenvalue weighted by Crippen LogP contribution is -2.38. The number of hydrogen-bond donors (Lipinski definition) is 0. The quantitative estimate of drug-likeness (QED) is 0.387. The molecule has 0 N–H and O–H groups in total. The highest BCUT2D eigenvalue weighted by molar-refractivity contribution is 6.69. The van der Waals surface area contributed by atoms with E-state index in [1.165, 1.54) is 25.7 Å². The lowest BCUT2D eigenvalue weighted by molar-refractivity contribution is -0.163. The van der Waals surface area contributed by atoms with Crippen molar-refractivity contribution in [2.45, 2.75) is 78.1 Å². The van der Waals surface area contributed by atoms with Crippen LogP contribution in [-0.4, -0.2) is 27.0 Å². The average Bonchev–Trinajstić information content (AvgIpc) is 3.23. The van der Waals surface area contributed by atoms with Gasteiger partial charge in [-0.15, -0.1) is 0 Å². The summed E-state index contributed by atoms with van der Waals surface area (Å²) in [6.07, 6.45) is 6.85. The first-order valence-electron chi connectivity index (χ1n) is 10.3. The van der Waals surface area contributed by atoms with Crippen LogP contribution in [0.1, 0.15) is 52.9 Å². The van der Waals surface area contributed by atoms with Gasteiger partial charge < -0.3 is 9.16 Å². The van der Waals surface area contributed by atoms with Crippen molar-refractivity contribution in [2.24, 2.45) is 41.4 Å². The summed E-state index contributed by atoms with van der Waals surface area (Å²) in [6, 6.07) is 0. The highest BCUT2D eigenvalue weighted by atomic mass is 28.4. The second-order valence-corrected chi connectivity index (χ2v) is 15.5. The Hall–Kier alpha value is -0.353. The van der Waals surface area contributed by atoms with Crippen LogP contribution >= 0.6 is 0 Å². The minimum absolute atomic E-state index is 0.0984. The molecule has 0 aliphatic heterocycles. The van der Waals surface area contributed by atoms with Crippen LogP contribution in [0.5, 0.6) is 0 Å². The van der Waals surface area contributed by atoms with Crippen molar-refractivity contribution < 1.29 is 14.0 Å². The molecule has 144 valence electrons. The van der Waals surface area contributed by atoms with Gasteiger partial charge in [0.05, 0.1) is 5.92 Å². The minimum atomic E-state index is -1.13. The van der Waals surface area contributed by atoms with Gasteiger partial charge in [0, 0.05) is 7.11 Å². The van der Waals surface area contributed by atoms with Crippen molar-refractivity contribution >= 4 is 14.3 Å². The molecule has 4 aliphatic carbocycles. The molecule has 0 spiro atoms. The first-order chi connectivity index (χ1) is 11.5. The fraction of sp³-hybridized carbons (Fsp3) is 0.952. The molecule has 0 amide bonds. The number of carbonyl (C=O) groups excluding carboxylic acids is 1. The monoisotopic (exact) mass is 366 g/mol. The van der Waals surface area contributed by atoms with Crippen LogP contribution < -0.4 is 0 Å². The Morgan fingerprint density at radius 1 is 0.920 bits per heavy atom. The molecular formula is C21H38O3Si. The predicted molar refractivity (Wildman–Crippen MR) is 104 cm³/mol. The zero-order valence-electron chi connectivity index (χ0n) is 17.3. The van der Waals surface area contributed by atoms with Gasteiger partial charge in [0.25, 0.3) is 0 Å². The summed E-state index contributed by atoms with van der Waals surface area (Å²) < 4.78 is 10.7. The molecule has 4 heteroatoms. The zero-order valence-corrected chi connectivity index (χ0v) is 18.3. The molecule has 25 heavy (non-hydrogen) atoms. The molecular weight excluding hydrogens is 328 g/mol. The third kappa shape index (κ3) is 4.00. The van der Waals surface area contributed by atoms with E-state index in [1.807, 2.05) is 20.8 Å². The summed E-state index contributed by atoms with van der Waals surface area (Å²) in [4.78, 5) is 12.4. The maximum absolute atomic E-state index is 12.4. The molecule has 4 fully saturated rings. The van der Waals surface area contributed by atoms with Gasteiger partial charge in [-0.25, -0.2) is 0 Å². The lowest BCUT2D eigenvalue weighted by Gasteiger charge is -2.38. The fourth-order valence-electron chi connectivity index (χ4n) is 6.21. The Morgan fingerprint density at radius 2 is 1.48 bits per heavy atom. The Labute approximate surface area is 155 Å². The molecule has 0 saturated heterocycles. The number of hydrogen-bond acceptors (Lipinski definition) is 3. The van der Waals surface area contributed by atoms with E-state index in [1.54, 1.807) is 7.11 Å². The summed E-state index contributed by atoms with van der Waals surface area (Å²) >= 11 is 0. The Bertz CT molecular complexity index is 504. The van der Waals surface area contributed by atoms with E-state index in [2.05, 4.69) is 19.6 Å². The van der Waals surface area contributed by atoms with Crippen molar-refractivity contribution in [1.82, 2.24) is 0 Å². The standard InChI is InChI=1S/C17H26O2.C4H12OSi/c1-17(2,3)19-16(18)13-8-11-7-12(13)15-10-5-4-9(6-10)14(11)15;1-5-6(2,3)4/h9-15H,4-8H2,1-3H3;1-4H3. The van der Waals surface area contributed by atoms with E-state index in [0.29, 0.717) is 5.92 Å². The molecule has 4 rings (SSSR count). The zero-order chi connectivity index (χ0) is 18.6. The molecule has 4 saturated carbocycles. The first kappa shape index (κ1) is 19.4. The third-order valence-electron chi connectivity index (χ3n) is 7.06. The molecule has 3 nitrogen and oxygen atoms in total. The van der Waals surface area contributed by atoms with Crippen LogP contribution in [0.15, 0.2) is 0 Å². The first-order valence-corrected chi connectivity index (χ1v) is 13.7. The normalized spacial score (nSPS) is 41.3. The lowest BCUT2D eigenvalue weighted by atomic mass is 9.67. The highest BCUT2D eigenvalue weighted by Gasteiger charge is 2.63. The van der Waals surface area contributed by atoms with Gasteiger partial charge in [-0.3, -0.25) is 4.79 Å². The van der Waals surface area contributed by atoms with Gasteiger partial charge in [-0.1, -0.05) is 0 Å². The van der Waals surface area contributed by atoms with Crippen molar-refractivity contribution in [3.8, 4) is 0 Å². The molecule has 0 aromatic heterocycles. The summed E-state index contributed by atoms with van der Waals surface area (Å²) in [6.45, 7) is 12.4. The van der Waals surface area contributed by atoms with Crippen molar-refractivity contribution in [3.63, 3.8) is 0 Å². The molecule has 4 bridgehead atoms. The van der Waals surface area contributed by atoms with Crippen LogP contribution in [0.4, 0.5) is 0 Å². The summed E-state index contributed by atoms with van der Waals surface area (Å²) in [5.74, 6) is 5.69. The molecule has 4 aliphatic rings. The number of esters is 1. The second-order valence-electron chi connectivity index (χ2n) is 10.8. The maximum atomic E-state index is 12.4. The molecule has 7 unspecified atom stereocenters. The summed E-state index contributed by atoms with van der Waals surface area (Å²) in [5, 5.41) is 0. The van der Waals surface area contributed by atoms with Crippen LogP contribution in [0.2, 0.25) is 19.6 Å². The molecule has 0 radical (unpaired) electrons. The third-order valence-corrected chi connectivity index (χ3v) is 8.28. The van der Waals surface area contributed by atoms with Gasteiger partial charge in [0.2, 0.25) is 0 Å². The molecule has 0 aromatic rings. The van der Waals surface area contributed by atoms with E-state index in [4.69, 9.17) is 9.16 Å². The van der Waals surface area contributed by atoms with E-state index in [-0.39, 0.29) is 17.5 Å². The van der Waals surface area contributed by atoms with Crippen molar-refractivity contribution in [3.05, 3.63) is 0 Å². The van der Waals surface area contributed by atoms with Crippen LogP contribution in [0.25, 0.3) is 0 Å². The predicted octanol–water partition coefficient (Wildman–Crippen LogP) is 5.11. The number of ether oxygens (including phenoxy) is 1. The Balaban J connectivity index is 0.000000265. The van der Waals surface area contributed by atoms with Gasteiger partial charge in [-0.05, 0) is 108 Å². The smallest absolute Gasteiger partial charge is 0.309 e. The van der Waals surface area contributed by atoms with Gasteiger partial charge in [0.15, 0.2) is 8.32 Å². The van der Waals surface area contributed by atoms with E-state index in [0.717, 1.165) is 36.0 Å². The number of carbonyl (C=O) groups is 1. The highest BCUT2D eigenvalue weighted by Crippen LogP contribution is 2.68. The molecule has 7 atom stereocenters. The largest absolute Gasteiger partial charge is 0.460 e. The van der Waals surface area contributed by atoms with E-state index >= 15 is 0 Å². The maximum Gasteiger partial charge on any atom is 0.309 e. The van der Waals surface area contributed by atoms with Gasteiger partial charge >= 0.3 is 5.97 Å². The van der Waals surface area contributed by atoms with Crippen molar-refractivity contribution in [2.75, 3.05) is 7.11 Å². The second kappa shape index (κ2) is 6.67. The topological polar surface area (TPSA) is 35.5 Å². The average molecular weight is 367 g/mol. The van der Waals surface area contributed by atoms with E-state index in [9.17, 15) is 4.79 Å². The van der Waals surface area contributed by atoms with Crippen molar-refractivity contribution in [1.29, 1.82) is 0 Å². The van der Waals surface area contributed by atoms with E-state index < -0.39 is 8.32 Å². The van der Waals surface area contributed by atoms with Gasteiger partial charge in [-0.2, -0.15) is 0 Å². The van der Waals surface area contributed by atoms with Crippen LogP contribution in [0.3, 0.4) is 0 Å². The minimum Gasteiger partial charge on any atom is -0.460 e. The summed E-state index contributed by atoms with van der Waals surface area (Å²) in [7, 11) is 0.639. The molecule has 0 heterocycles. The number of rotatable bonds is 2. The summed E-state index contributed by atoms with van der Waals surface area (Å²) in [5.41, 5.74) is -0.326. The van der Waals surface area contributed by atoms with Crippen LogP contribution in [0, 0.1) is 41.4 Å². The van der Waals surface area contributed by atoms with Crippen LogP contribution in [-0.2, 0) is 14.0 Å². The fourth-order valence-corrected chi connectivity index (χ4v) is 6.21.